The van der Waals surface area contributed by atoms with Gasteiger partial charge in [-0.2, -0.15) is 0 Å². The van der Waals surface area contributed by atoms with Crippen LogP contribution in [0, 0.1) is 0 Å². The zero-order chi connectivity index (χ0) is 14.7. The van der Waals surface area contributed by atoms with Crippen LogP contribution in [0.1, 0.15) is 59.3 Å². The van der Waals surface area contributed by atoms with Crippen molar-refractivity contribution in [1.29, 1.82) is 0 Å². The van der Waals surface area contributed by atoms with Gasteiger partial charge in [0.2, 0.25) is 0 Å². The second kappa shape index (κ2) is 10.3. The van der Waals surface area contributed by atoms with Crippen molar-refractivity contribution >= 4 is 13.6 Å². The molecule has 0 amide bonds. The van der Waals surface area contributed by atoms with Gasteiger partial charge in [-0.25, -0.2) is 0 Å². The summed E-state index contributed by atoms with van der Waals surface area (Å²) in [7, 11) is 0. The average Bonchev–Trinajstić information content (AvgIpc) is 2.49. The van der Waals surface area contributed by atoms with E-state index in [2.05, 4.69) is 51.1 Å². The summed E-state index contributed by atoms with van der Waals surface area (Å²) < 4.78 is 6.70. The maximum atomic E-state index is 6.70. The fraction of sp³-hybridized carbons (Fsp3) is 0.667. The zero-order valence-electron chi connectivity index (χ0n) is 13.7. The van der Waals surface area contributed by atoms with Crippen LogP contribution in [0.5, 0.6) is 5.75 Å². The molecule has 1 rings (SSSR count). The predicted octanol–water partition coefficient (Wildman–Crippen LogP) is 6.41. The van der Waals surface area contributed by atoms with Crippen LogP contribution in [-0.2, 0) is 0 Å². The van der Waals surface area contributed by atoms with Gasteiger partial charge < -0.3 is 0 Å². The van der Waals surface area contributed by atoms with E-state index in [0.29, 0.717) is 0 Å². The zero-order valence-corrected chi connectivity index (χ0v) is 15.8. The summed E-state index contributed by atoms with van der Waals surface area (Å²) in [4.78, 5) is 0. The Labute approximate surface area is 128 Å². The molecule has 1 nitrogen and oxygen atoms in total. The predicted molar refractivity (Wildman–Crippen MR) is 92.0 cm³/mol. The molecule has 0 saturated heterocycles. The van der Waals surface area contributed by atoms with E-state index >= 15 is 0 Å². The molecule has 0 bridgehead atoms. The topological polar surface area (TPSA) is 9.23 Å². The van der Waals surface area contributed by atoms with Crippen LogP contribution in [0.15, 0.2) is 30.3 Å². The van der Waals surface area contributed by atoms with E-state index in [4.69, 9.17) is 3.76 Å². The molecule has 0 unspecified atom stereocenters. The molecule has 1 aromatic rings. The third kappa shape index (κ3) is 6.34. The van der Waals surface area contributed by atoms with Crippen LogP contribution in [0.2, 0.25) is 15.8 Å². The molecule has 0 aliphatic carbocycles. The number of benzene rings is 1. The van der Waals surface area contributed by atoms with Crippen molar-refractivity contribution in [3.63, 3.8) is 0 Å². The molecule has 0 aliphatic rings. The van der Waals surface area contributed by atoms with Gasteiger partial charge >= 0.3 is 129 Å². The summed E-state index contributed by atoms with van der Waals surface area (Å²) in [5.41, 5.74) is 0. The Bertz CT molecular complexity index is 315. The van der Waals surface area contributed by atoms with Gasteiger partial charge in [0.05, 0.1) is 0 Å². The molecule has 1 aromatic carbocycles. The monoisotopic (exact) mass is 338 g/mol. The first-order chi connectivity index (χ1) is 9.76. The summed E-state index contributed by atoms with van der Waals surface area (Å²) in [6.07, 6.45) is 7.93. The molecule has 0 heterocycles. The van der Waals surface area contributed by atoms with Gasteiger partial charge in [0.15, 0.2) is 0 Å². The summed E-state index contributed by atoms with van der Waals surface area (Å²) in [6.45, 7) is 6.90. The number of para-hydroxylation sites is 1. The fourth-order valence-electron chi connectivity index (χ4n) is 2.76. The minimum absolute atomic E-state index is 1.12. The van der Waals surface area contributed by atoms with Crippen molar-refractivity contribution in [3.05, 3.63) is 30.3 Å². The maximum absolute atomic E-state index is 6.70. The molecule has 0 saturated carbocycles. The van der Waals surface area contributed by atoms with Crippen LogP contribution < -0.4 is 3.76 Å². The van der Waals surface area contributed by atoms with Crippen molar-refractivity contribution in [3.8, 4) is 5.75 Å². The number of hydrogen-bond donors (Lipinski definition) is 0. The van der Waals surface area contributed by atoms with Crippen LogP contribution in [0.3, 0.4) is 0 Å². The van der Waals surface area contributed by atoms with Crippen LogP contribution >= 0.6 is 0 Å². The van der Waals surface area contributed by atoms with Gasteiger partial charge in [0.1, 0.15) is 0 Å². The molecule has 114 valence electrons. The number of rotatable bonds is 11. The average molecular weight is 337 g/mol. The molecule has 0 radical (unpaired) electrons. The van der Waals surface area contributed by atoms with E-state index in [0.717, 1.165) is 5.75 Å². The molecule has 0 N–H and O–H groups in total. The first-order valence-corrected chi connectivity index (χ1v) is 13.8. The third-order valence-corrected chi connectivity index (χ3v) is 13.4. The Morgan fingerprint density at radius 3 is 1.60 bits per heavy atom. The van der Waals surface area contributed by atoms with E-state index in [-0.39, 0.29) is 0 Å². The van der Waals surface area contributed by atoms with E-state index in [1.165, 1.54) is 54.3 Å². The van der Waals surface area contributed by atoms with Crippen molar-refractivity contribution in [2.45, 2.75) is 75.1 Å². The van der Waals surface area contributed by atoms with Gasteiger partial charge in [0.25, 0.3) is 0 Å². The molecular weight excluding hydrogens is 305 g/mol. The molecule has 0 atom stereocenters. The first kappa shape index (κ1) is 17.6. The molecule has 0 fully saturated rings. The molecular formula is C18H32GeO. The van der Waals surface area contributed by atoms with Gasteiger partial charge in [-0.05, 0) is 0 Å². The van der Waals surface area contributed by atoms with Gasteiger partial charge in [-0.15, -0.1) is 0 Å². The van der Waals surface area contributed by atoms with E-state index in [1.807, 2.05) is 0 Å². The Morgan fingerprint density at radius 2 is 1.20 bits per heavy atom. The van der Waals surface area contributed by atoms with Crippen molar-refractivity contribution in [2.24, 2.45) is 0 Å². The summed E-state index contributed by atoms with van der Waals surface area (Å²) in [6, 6.07) is 10.6. The minimum atomic E-state index is -2.18. The first-order valence-electron chi connectivity index (χ1n) is 8.50. The second-order valence-corrected chi connectivity index (χ2v) is 14.4. The van der Waals surface area contributed by atoms with Gasteiger partial charge in [-0.1, -0.05) is 0 Å². The Kier molecular flexibility index (Phi) is 9.08. The van der Waals surface area contributed by atoms with Crippen LogP contribution in [-0.4, -0.2) is 13.6 Å². The van der Waals surface area contributed by atoms with Crippen molar-refractivity contribution in [2.75, 3.05) is 0 Å². The number of unbranched alkanes of at least 4 members (excludes halogenated alkanes) is 3. The molecule has 2 heteroatoms. The molecule has 0 spiro atoms. The second-order valence-electron chi connectivity index (χ2n) is 5.91. The molecule has 0 aromatic heterocycles. The molecule has 20 heavy (non-hydrogen) atoms. The van der Waals surface area contributed by atoms with Crippen molar-refractivity contribution < 1.29 is 3.76 Å². The Morgan fingerprint density at radius 1 is 0.750 bits per heavy atom. The van der Waals surface area contributed by atoms with Crippen molar-refractivity contribution in [1.82, 2.24) is 0 Å². The SMILES string of the molecule is CCC[CH2][Ge]([CH2]CCC)([CH2]CCC)[O]c1ccccc1. The summed E-state index contributed by atoms with van der Waals surface area (Å²) >= 11 is -2.18. The summed E-state index contributed by atoms with van der Waals surface area (Å²) in [5.74, 6) is 1.12. The summed E-state index contributed by atoms with van der Waals surface area (Å²) in [5, 5.41) is 4.14. The van der Waals surface area contributed by atoms with E-state index < -0.39 is 13.6 Å². The van der Waals surface area contributed by atoms with E-state index in [1.54, 1.807) is 0 Å². The fourth-order valence-corrected chi connectivity index (χ4v) is 12.6. The van der Waals surface area contributed by atoms with E-state index in [9.17, 15) is 0 Å². The van der Waals surface area contributed by atoms with Gasteiger partial charge in [-0.3, -0.25) is 0 Å². The normalized spacial score (nSPS) is 11.6. The number of hydrogen-bond acceptors (Lipinski definition) is 1. The Hall–Kier alpha value is -0.437. The van der Waals surface area contributed by atoms with Gasteiger partial charge in [0, 0.05) is 0 Å². The Balaban J connectivity index is 2.81. The third-order valence-electron chi connectivity index (χ3n) is 4.04. The quantitative estimate of drug-likeness (QED) is 0.424. The van der Waals surface area contributed by atoms with Crippen LogP contribution in [0.25, 0.3) is 0 Å². The standard InChI is InChI=1S/C18H32GeO/c1-4-7-15-19(16-8-5-2,17-9-6-3)20-18-13-11-10-12-14-18/h10-14H,4-9,15-17H2,1-3H3. The van der Waals surface area contributed by atoms with Crippen LogP contribution in [0.4, 0.5) is 0 Å². The molecule has 0 aliphatic heterocycles.